The number of thiazole rings is 1. The first-order valence-corrected chi connectivity index (χ1v) is 8.17. The molecule has 0 spiro atoms. The average molecular weight is 318 g/mol. The fraction of sp³-hybridized carbons (Fsp3) is 0.250. The molecule has 0 N–H and O–H groups in total. The van der Waals surface area contributed by atoms with Crippen LogP contribution in [0.25, 0.3) is 10.6 Å². The van der Waals surface area contributed by atoms with Gasteiger partial charge in [0.05, 0.1) is 11.6 Å². The van der Waals surface area contributed by atoms with Gasteiger partial charge < -0.3 is 4.57 Å². The minimum Gasteiger partial charge on any atom is -0.331 e. The van der Waals surface area contributed by atoms with Crippen LogP contribution in [-0.2, 0) is 12.4 Å². The monoisotopic (exact) mass is 317 g/mol. The first-order chi connectivity index (χ1) is 10.2. The van der Waals surface area contributed by atoms with E-state index in [-0.39, 0.29) is 0 Å². The van der Waals surface area contributed by atoms with E-state index in [4.69, 9.17) is 11.6 Å². The molecular weight excluding hydrogens is 302 g/mol. The Hall–Kier alpha value is -1.65. The molecule has 0 fully saturated rings. The number of hydrogen-bond donors (Lipinski definition) is 0. The van der Waals surface area contributed by atoms with Gasteiger partial charge in [-0.25, -0.2) is 9.97 Å². The van der Waals surface area contributed by atoms with Gasteiger partial charge in [-0.2, -0.15) is 0 Å². The molecule has 0 amide bonds. The SMILES string of the molecule is Cc1cc(-c2nc(CCl)cs2)ccc1Cn1ccnc1C. The Labute approximate surface area is 133 Å². The first-order valence-electron chi connectivity index (χ1n) is 6.75. The van der Waals surface area contributed by atoms with Crippen molar-refractivity contribution in [3.05, 3.63) is 58.6 Å². The second kappa shape index (κ2) is 6.00. The van der Waals surface area contributed by atoms with Crippen LogP contribution in [0.2, 0.25) is 0 Å². The lowest BCUT2D eigenvalue weighted by atomic mass is 10.1. The molecule has 21 heavy (non-hydrogen) atoms. The van der Waals surface area contributed by atoms with E-state index in [9.17, 15) is 0 Å². The largest absolute Gasteiger partial charge is 0.331 e. The second-order valence-corrected chi connectivity index (χ2v) is 6.15. The lowest BCUT2D eigenvalue weighted by Crippen LogP contribution is -2.02. The van der Waals surface area contributed by atoms with E-state index in [1.165, 1.54) is 11.1 Å². The zero-order valence-electron chi connectivity index (χ0n) is 12.0. The number of benzene rings is 1. The summed E-state index contributed by atoms with van der Waals surface area (Å²) in [5, 5.41) is 3.04. The summed E-state index contributed by atoms with van der Waals surface area (Å²) >= 11 is 7.45. The predicted octanol–water partition coefficient (Wildman–Crippen LogP) is 4.41. The summed E-state index contributed by atoms with van der Waals surface area (Å²) in [6.07, 6.45) is 3.85. The topological polar surface area (TPSA) is 30.7 Å². The molecule has 2 aromatic heterocycles. The molecule has 0 saturated heterocycles. The third kappa shape index (κ3) is 3.01. The molecule has 0 atom stereocenters. The lowest BCUT2D eigenvalue weighted by Gasteiger charge is -2.09. The molecule has 0 aliphatic heterocycles. The number of halogens is 1. The number of alkyl halides is 1. The molecule has 0 aliphatic rings. The quantitative estimate of drug-likeness (QED) is 0.667. The smallest absolute Gasteiger partial charge is 0.123 e. The molecule has 1 aromatic carbocycles. The number of hydrogen-bond acceptors (Lipinski definition) is 3. The first kappa shape index (κ1) is 14.3. The predicted molar refractivity (Wildman–Crippen MR) is 87.9 cm³/mol. The highest BCUT2D eigenvalue weighted by Crippen LogP contribution is 2.26. The number of rotatable bonds is 4. The van der Waals surface area contributed by atoms with Crippen LogP contribution < -0.4 is 0 Å². The van der Waals surface area contributed by atoms with Crippen molar-refractivity contribution in [1.82, 2.24) is 14.5 Å². The molecule has 108 valence electrons. The second-order valence-electron chi connectivity index (χ2n) is 5.02. The van der Waals surface area contributed by atoms with Crippen LogP contribution in [0, 0.1) is 13.8 Å². The van der Waals surface area contributed by atoms with Gasteiger partial charge in [0, 0.05) is 29.9 Å². The van der Waals surface area contributed by atoms with E-state index in [2.05, 4.69) is 39.7 Å². The van der Waals surface area contributed by atoms with Gasteiger partial charge in [-0.1, -0.05) is 12.1 Å². The van der Waals surface area contributed by atoms with E-state index >= 15 is 0 Å². The van der Waals surface area contributed by atoms with E-state index in [1.807, 2.05) is 24.7 Å². The van der Waals surface area contributed by atoms with Crippen molar-refractivity contribution in [2.75, 3.05) is 0 Å². The van der Waals surface area contributed by atoms with E-state index in [0.717, 1.165) is 28.6 Å². The van der Waals surface area contributed by atoms with Gasteiger partial charge in [0.2, 0.25) is 0 Å². The van der Waals surface area contributed by atoms with Crippen LogP contribution in [0.4, 0.5) is 0 Å². The Morgan fingerprint density at radius 2 is 2.14 bits per heavy atom. The summed E-state index contributed by atoms with van der Waals surface area (Å²) in [6.45, 7) is 5.01. The van der Waals surface area contributed by atoms with Crippen molar-refractivity contribution in [3.63, 3.8) is 0 Å². The molecule has 0 bridgehead atoms. The minimum atomic E-state index is 0.466. The van der Waals surface area contributed by atoms with Gasteiger partial charge in [0.25, 0.3) is 0 Å². The molecule has 0 saturated carbocycles. The van der Waals surface area contributed by atoms with Gasteiger partial charge in [-0.15, -0.1) is 22.9 Å². The van der Waals surface area contributed by atoms with Crippen LogP contribution in [-0.4, -0.2) is 14.5 Å². The zero-order valence-corrected chi connectivity index (χ0v) is 13.6. The number of imidazole rings is 1. The standard InChI is InChI=1S/C16H16ClN3S/c1-11-7-13(16-19-15(8-17)10-21-16)3-4-14(11)9-20-6-5-18-12(20)2/h3-7,10H,8-9H2,1-2H3. The van der Waals surface area contributed by atoms with Crippen molar-refractivity contribution in [1.29, 1.82) is 0 Å². The molecule has 2 heterocycles. The van der Waals surface area contributed by atoms with Crippen LogP contribution in [0.1, 0.15) is 22.6 Å². The van der Waals surface area contributed by atoms with Gasteiger partial charge in [0.15, 0.2) is 0 Å². The van der Waals surface area contributed by atoms with Gasteiger partial charge in [0.1, 0.15) is 10.8 Å². The highest BCUT2D eigenvalue weighted by atomic mass is 35.5. The summed E-state index contributed by atoms with van der Waals surface area (Å²) in [6, 6.07) is 6.50. The highest BCUT2D eigenvalue weighted by molar-refractivity contribution is 7.13. The van der Waals surface area contributed by atoms with Crippen molar-refractivity contribution in [2.24, 2.45) is 0 Å². The van der Waals surface area contributed by atoms with Crippen molar-refractivity contribution in [2.45, 2.75) is 26.3 Å². The molecule has 3 rings (SSSR count). The zero-order chi connectivity index (χ0) is 14.8. The number of nitrogens with zero attached hydrogens (tertiary/aromatic N) is 3. The number of aryl methyl sites for hydroxylation is 2. The number of aromatic nitrogens is 3. The third-order valence-electron chi connectivity index (χ3n) is 3.54. The molecular formula is C16H16ClN3S. The Bertz CT molecular complexity index is 760. The van der Waals surface area contributed by atoms with Crippen molar-refractivity contribution < 1.29 is 0 Å². The summed E-state index contributed by atoms with van der Waals surface area (Å²) in [5.41, 5.74) is 4.66. The molecule has 0 unspecified atom stereocenters. The Morgan fingerprint density at radius 3 is 2.76 bits per heavy atom. The molecule has 3 aromatic rings. The Kier molecular flexibility index (Phi) is 4.08. The van der Waals surface area contributed by atoms with E-state index in [1.54, 1.807) is 11.3 Å². The van der Waals surface area contributed by atoms with Crippen LogP contribution in [0.3, 0.4) is 0 Å². The highest BCUT2D eigenvalue weighted by Gasteiger charge is 2.07. The summed E-state index contributed by atoms with van der Waals surface area (Å²) in [4.78, 5) is 8.79. The lowest BCUT2D eigenvalue weighted by molar-refractivity contribution is 0.758. The Balaban J connectivity index is 1.87. The minimum absolute atomic E-state index is 0.466. The third-order valence-corrected chi connectivity index (χ3v) is 4.76. The normalized spacial score (nSPS) is 11.0. The van der Waals surface area contributed by atoms with E-state index in [0.29, 0.717) is 5.88 Å². The maximum Gasteiger partial charge on any atom is 0.123 e. The molecule has 3 nitrogen and oxygen atoms in total. The van der Waals surface area contributed by atoms with Gasteiger partial charge in [-0.05, 0) is 31.0 Å². The fourth-order valence-corrected chi connectivity index (χ4v) is 3.31. The van der Waals surface area contributed by atoms with Gasteiger partial charge in [-0.3, -0.25) is 0 Å². The fourth-order valence-electron chi connectivity index (χ4n) is 2.26. The van der Waals surface area contributed by atoms with Crippen LogP contribution in [0.15, 0.2) is 36.0 Å². The molecule has 5 heteroatoms. The Morgan fingerprint density at radius 1 is 1.29 bits per heavy atom. The average Bonchev–Trinajstić information content (AvgIpc) is 3.10. The van der Waals surface area contributed by atoms with Crippen LogP contribution in [0.5, 0.6) is 0 Å². The van der Waals surface area contributed by atoms with E-state index < -0.39 is 0 Å². The maximum absolute atomic E-state index is 5.81. The summed E-state index contributed by atoms with van der Waals surface area (Å²) in [5.74, 6) is 1.50. The maximum atomic E-state index is 5.81. The molecule has 0 radical (unpaired) electrons. The van der Waals surface area contributed by atoms with Crippen molar-refractivity contribution >= 4 is 22.9 Å². The van der Waals surface area contributed by atoms with Crippen molar-refractivity contribution in [3.8, 4) is 10.6 Å². The van der Waals surface area contributed by atoms with Crippen LogP contribution >= 0.6 is 22.9 Å². The summed E-state index contributed by atoms with van der Waals surface area (Å²) in [7, 11) is 0. The molecule has 0 aliphatic carbocycles. The van der Waals surface area contributed by atoms with Gasteiger partial charge >= 0.3 is 0 Å². The summed E-state index contributed by atoms with van der Waals surface area (Å²) < 4.78 is 2.15.